The Labute approximate surface area is 126 Å². The van der Waals surface area contributed by atoms with Gasteiger partial charge in [-0.3, -0.25) is 0 Å². The van der Waals surface area contributed by atoms with Gasteiger partial charge in [-0.25, -0.2) is 4.79 Å². The zero-order chi connectivity index (χ0) is 15.6. The number of carbonyl (C=O) groups is 1. The van der Waals surface area contributed by atoms with Gasteiger partial charge >= 0.3 is 5.97 Å². The van der Waals surface area contributed by atoms with Crippen molar-refractivity contribution in [1.29, 1.82) is 0 Å². The fourth-order valence-electron chi connectivity index (χ4n) is 3.22. The molecule has 1 aromatic rings. The van der Waals surface area contributed by atoms with Crippen LogP contribution in [0.25, 0.3) is 0 Å². The van der Waals surface area contributed by atoms with Crippen LogP contribution in [0.2, 0.25) is 0 Å². The first-order valence-corrected chi connectivity index (χ1v) is 7.52. The maximum atomic E-state index is 11.4. The molecular weight excluding hydrogens is 266 g/mol. The van der Waals surface area contributed by atoms with Gasteiger partial charge in [0.15, 0.2) is 0 Å². The number of carboxylic acid groups (broad SMARTS) is 1. The average molecular weight is 291 g/mol. The van der Waals surface area contributed by atoms with E-state index in [4.69, 9.17) is 4.74 Å². The van der Waals surface area contributed by atoms with Gasteiger partial charge in [0.2, 0.25) is 0 Å². The molecule has 0 bridgehead atoms. The van der Waals surface area contributed by atoms with E-state index in [1.165, 1.54) is 0 Å². The number of carboxylic acids is 1. The van der Waals surface area contributed by atoms with Crippen molar-refractivity contribution in [2.45, 2.75) is 51.7 Å². The molecule has 4 heteroatoms. The van der Waals surface area contributed by atoms with Crippen molar-refractivity contribution < 1.29 is 14.6 Å². The maximum absolute atomic E-state index is 11.4. The Kier molecular flexibility index (Phi) is 4.57. The monoisotopic (exact) mass is 291 g/mol. The van der Waals surface area contributed by atoms with E-state index in [1.807, 2.05) is 12.1 Å². The van der Waals surface area contributed by atoms with Crippen LogP contribution >= 0.6 is 0 Å². The van der Waals surface area contributed by atoms with Gasteiger partial charge in [0, 0.05) is 25.4 Å². The van der Waals surface area contributed by atoms with Gasteiger partial charge in [-0.2, -0.15) is 0 Å². The molecule has 4 nitrogen and oxygen atoms in total. The minimum atomic E-state index is -0.835. The summed E-state index contributed by atoms with van der Waals surface area (Å²) in [5.41, 5.74) is 2.30. The van der Waals surface area contributed by atoms with Gasteiger partial charge in [-0.15, -0.1) is 0 Å². The Morgan fingerprint density at radius 3 is 2.81 bits per heavy atom. The molecule has 1 aliphatic rings. The second-order valence-corrected chi connectivity index (χ2v) is 6.42. The van der Waals surface area contributed by atoms with E-state index in [2.05, 4.69) is 25.7 Å². The molecule has 1 aromatic carbocycles. The SMILES string of the molecule is COC(C)(C)CC(C)N1CCCc2c(C(=O)O)cccc21. The van der Waals surface area contributed by atoms with Gasteiger partial charge in [0.1, 0.15) is 0 Å². The summed E-state index contributed by atoms with van der Waals surface area (Å²) >= 11 is 0. The third-order valence-corrected chi connectivity index (χ3v) is 4.39. The molecule has 116 valence electrons. The molecule has 1 aliphatic heterocycles. The van der Waals surface area contributed by atoms with Crippen LogP contribution in [0.1, 0.15) is 49.5 Å². The van der Waals surface area contributed by atoms with Gasteiger partial charge in [-0.05, 0) is 57.7 Å². The topological polar surface area (TPSA) is 49.8 Å². The standard InChI is InChI=1S/C17H25NO3/c1-12(11-17(2,3)21-4)18-10-6-8-13-14(16(19)20)7-5-9-15(13)18/h5,7,9,12H,6,8,10-11H2,1-4H3,(H,19,20). The molecule has 1 N–H and O–H groups in total. The number of ether oxygens (including phenoxy) is 1. The van der Waals surface area contributed by atoms with E-state index in [9.17, 15) is 9.90 Å². The Morgan fingerprint density at radius 2 is 2.19 bits per heavy atom. The van der Waals surface area contributed by atoms with Crippen LogP contribution in [0, 0.1) is 0 Å². The molecule has 0 aliphatic carbocycles. The summed E-state index contributed by atoms with van der Waals surface area (Å²) in [6.45, 7) is 7.32. The molecule has 0 radical (unpaired) electrons. The highest BCUT2D eigenvalue weighted by Gasteiger charge is 2.28. The molecule has 2 rings (SSSR count). The van der Waals surface area contributed by atoms with Crippen LogP contribution < -0.4 is 4.90 Å². The van der Waals surface area contributed by atoms with E-state index in [0.717, 1.165) is 37.1 Å². The average Bonchev–Trinajstić information content (AvgIpc) is 2.45. The van der Waals surface area contributed by atoms with Gasteiger partial charge in [-0.1, -0.05) is 6.07 Å². The van der Waals surface area contributed by atoms with E-state index in [1.54, 1.807) is 13.2 Å². The van der Waals surface area contributed by atoms with Crippen molar-refractivity contribution in [3.63, 3.8) is 0 Å². The zero-order valence-corrected chi connectivity index (χ0v) is 13.3. The minimum absolute atomic E-state index is 0.179. The largest absolute Gasteiger partial charge is 0.478 e. The summed E-state index contributed by atoms with van der Waals surface area (Å²) < 4.78 is 5.53. The van der Waals surface area contributed by atoms with Crippen molar-refractivity contribution >= 4 is 11.7 Å². The highest BCUT2D eigenvalue weighted by atomic mass is 16.5. The molecule has 0 saturated carbocycles. The van der Waals surface area contributed by atoms with Crippen LogP contribution in [0.4, 0.5) is 5.69 Å². The van der Waals surface area contributed by atoms with Crippen molar-refractivity contribution in [1.82, 2.24) is 0 Å². The second-order valence-electron chi connectivity index (χ2n) is 6.42. The number of hydrogen-bond acceptors (Lipinski definition) is 3. The maximum Gasteiger partial charge on any atom is 0.336 e. The predicted molar refractivity (Wildman–Crippen MR) is 84.2 cm³/mol. The highest BCUT2D eigenvalue weighted by molar-refractivity contribution is 5.91. The minimum Gasteiger partial charge on any atom is -0.478 e. The summed E-state index contributed by atoms with van der Waals surface area (Å²) in [7, 11) is 1.74. The molecule has 0 amide bonds. The van der Waals surface area contributed by atoms with Gasteiger partial charge < -0.3 is 14.7 Å². The van der Waals surface area contributed by atoms with Crippen LogP contribution in [-0.2, 0) is 11.2 Å². The van der Waals surface area contributed by atoms with Crippen LogP contribution in [0.3, 0.4) is 0 Å². The third-order valence-electron chi connectivity index (χ3n) is 4.39. The number of aromatic carboxylic acids is 1. The van der Waals surface area contributed by atoms with E-state index in [0.29, 0.717) is 11.6 Å². The van der Waals surface area contributed by atoms with E-state index < -0.39 is 5.97 Å². The van der Waals surface area contributed by atoms with Crippen molar-refractivity contribution in [3.05, 3.63) is 29.3 Å². The lowest BCUT2D eigenvalue weighted by Crippen LogP contribution is -2.42. The molecule has 21 heavy (non-hydrogen) atoms. The van der Waals surface area contributed by atoms with Crippen molar-refractivity contribution in [3.8, 4) is 0 Å². The number of nitrogens with zero attached hydrogens (tertiary/aromatic N) is 1. The van der Waals surface area contributed by atoms with E-state index >= 15 is 0 Å². The third kappa shape index (κ3) is 3.38. The Bertz CT molecular complexity index is 525. The molecule has 0 fully saturated rings. The first-order chi connectivity index (χ1) is 9.85. The van der Waals surface area contributed by atoms with E-state index in [-0.39, 0.29) is 5.60 Å². The second kappa shape index (κ2) is 6.06. The van der Waals surface area contributed by atoms with Crippen LogP contribution in [-0.4, -0.2) is 36.4 Å². The lowest BCUT2D eigenvalue weighted by Gasteiger charge is -2.39. The number of fused-ring (bicyclic) bond motifs is 1. The van der Waals surface area contributed by atoms with Gasteiger partial charge in [0.25, 0.3) is 0 Å². The molecule has 1 unspecified atom stereocenters. The van der Waals surface area contributed by atoms with Crippen molar-refractivity contribution in [2.75, 3.05) is 18.6 Å². The van der Waals surface area contributed by atoms with Crippen LogP contribution in [0.15, 0.2) is 18.2 Å². The molecular formula is C17H25NO3. The van der Waals surface area contributed by atoms with Crippen molar-refractivity contribution in [2.24, 2.45) is 0 Å². The first kappa shape index (κ1) is 15.8. The lowest BCUT2D eigenvalue weighted by atomic mass is 9.92. The lowest BCUT2D eigenvalue weighted by molar-refractivity contribution is 0.0107. The number of methoxy groups -OCH3 is 1. The molecule has 0 aromatic heterocycles. The quantitative estimate of drug-likeness (QED) is 0.904. The summed E-state index contributed by atoms with van der Waals surface area (Å²) in [6.07, 6.45) is 2.74. The normalized spacial score (nSPS) is 16.5. The Balaban J connectivity index is 2.30. The number of anilines is 1. The highest BCUT2D eigenvalue weighted by Crippen LogP contribution is 2.33. The summed E-state index contributed by atoms with van der Waals surface area (Å²) in [5, 5.41) is 9.35. The number of benzene rings is 1. The number of hydrogen-bond donors (Lipinski definition) is 1. The fraction of sp³-hybridized carbons (Fsp3) is 0.588. The van der Waals surface area contributed by atoms with Gasteiger partial charge in [0.05, 0.1) is 11.2 Å². The Morgan fingerprint density at radius 1 is 1.48 bits per heavy atom. The first-order valence-electron chi connectivity index (χ1n) is 7.52. The molecule has 0 spiro atoms. The van der Waals surface area contributed by atoms with Crippen LogP contribution in [0.5, 0.6) is 0 Å². The smallest absolute Gasteiger partial charge is 0.336 e. The molecule has 0 saturated heterocycles. The zero-order valence-electron chi connectivity index (χ0n) is 13.3. The summed E-state index contributed by atoms with van der Waals surface area (Å²) in [4.78, 5) is 13.7. The number of rotatable bonds is 5. The molecule has 1 heterocycles. The Hall–Kier alpha value is -1.55. The fourth-order valence-corrected chi connectivity index (χ4v) is 3.22. The summed E-state index contributed by atoms with van der Waals surface area (Å²) in [5.74, 6) is -0.835. The summed E-state index contributed by atoms with van der Waals surface area (Å²) in [6, 6.07) is 5.89. The molecule has 1 atom stereocenters. The predicted octanol–water partition coefficient (Wildman–Crippen LogP) is 3.34.